The highest BCUT2D eigenvalue weighted by atomic mass is 32.2. The standard InChI is InChI=1S/C9H11N3O5S/c13-3-6-4-17-9-7(8(14)11-6)1-5(2-10-9)12-18(15)16/h1-2,6,13,18H,3-4H2,(H,11,14)(H,12,15,16)/t6-/m0/s1. The Labute approximate surface area is 104 Å². The van der Waals surface area contributed by atoms with Crippen LogP contribution in [0.15, 0.2) is 12.3 Å². The molecule has 1 aromatic rings. The highest BCUT2D eigenvalue weighted by Gasteiger charge is 2.23. The largest absolute Gasteiger partial charge is 0.475 e. The summed E-state index contributed by atoms with van der Waals surface area (Å²) in [5.41, 5.74) is 0.291. The molecule has 2 heterocycles. The van der Waals surface area contributed by atoms with Crippen LogP contribution in [-0.2, 0) is 10.9 Å². The predicted octanol–water partition coefficient (Wildman–Crippen LogP) is -1.50. The molecule has 0 saturated carbocycles. The van der Waals surface area contributed by atoms with Crippen molar-refractivity contribution in [1.82, 2.24) is 10.3 Å². The van der Waals surface area contributed by atoms with Crippen molar-refractivity contribution < 1.29 is 23.1 Å². The molecule has 1 amide bonds. The molecule has 3 N–H and O–H groups in total. The van der Waals surface area contributed by atoms with E-state index in [0.717, 1.165) is 0 Å². The molecule has 1 aliphatic rings. The minimum Gasteiger partial charge on any atom is -0.475 e. The van der Waals surface area contributed by atoms with E-state index in [1.54, 1.807) is 0 Å². The molecule has 0 fully saturated rings. The average molecular weight is 273 g/mol. The van der Waals surface area contributed by atoms with Gasteiger partial charge in [-0.05, 0) is 6.07 Å². The van der Waals surface area contributed by atoms with Crippen LogP contribution in [0, 0.1) is 0 Å². The molecule has 9 heteroatoms. The van der Waals surface area contributed by atoms with Gasteiger partial charge in [-0.3, -0.25) is 9.52 Å². The van der Waals surface area contributed by atoms with Gasteiger partial charge in [0.1, 0.15) is 12.2 Å². The van der Waals surface area contributed by atoms with Crippen LogP contribution < -0.4 is 14.8 Å². The van der Waals surface area contributed by atoms with Crippen LogP contribution in [0.1, 0.15) is 10.4 Å². The molecule has 1 aliphatic heterocycles. The number of nitrogens with zero attached hydrogens (tertiary/aromatic N) is 1. The predicted molar refractivity (Wildman–Crippen MR) is 62.0 cm³/mol. The Morgan fingerprint density at radius 3 is 3.06 bits per heavy atom. The normalized spacial score (nSPS) is 18.6. The van der Waals surface area contributed by atoms with E-state index in [1.165, 1.54) is 12.3 Å². The molecular weight excluding hydrogens is 262 g/mol. The second-order valence-electron chi connectivity index (χ2n) is 3.61. The van der Waals surface area contributed by atoms with Gasteiger partial charge in [-0.25, -0.2) is 13.4 Å². The lowest BCUT2D eigenvalue weighted by Gasteiger charge is -2.10. The number of thiol groups is 1. The number of hydrogen-bond acceptors (Lipinski definition) is 6. The van der Waals surface area contributed by atoms with Crippen molar-refractivity contribution in [1.29, 1.82) is 0 Å². The highest BCUT2D eigenvalue weighted by Crippen LogP contribution is 2.21. The van der Waals surface area contributed by atoms with E-state index in [-0.39, 0.29) is 30.3 Å². The van der Waals surface area contributed by atoms with Gasteiger partial charge in [0.05, 0.1) is 24.5 Å². The zero-order chi connectivity index (χ0) is 13.1. The summed E-state index contributed by atoms with van der Waals surface area (Å²) < 4.78 is 28.4. The van der Waals surface area contributed by atoms with Gasteiger partial charge in [-0.15, -0.1) is 0 Å². The summed E-state index contributed by atoms with van der Waals surface area (Å²) in [5.74, 6) is -0.367. The monoisotopic (exact) mass is 273 g/mol. The van der Waals surface area contributed by atoms with Crippen LogP contribution in [0.5, 0.6) is 5.88 Å². The van der Waals surface area contributed by atoms with E-state index in [2.05, 4.69) is 15.0 Å². The summed E-state index contributed by atoms with van der Waals surface area (Å²) in [4.78, 5) is 15.6. The van der Waals surface area contributed by atoms with Gasteiger partial charge >= 0.3 is 0 Å². The minimum atomic E-state index is -2.83. The molecule has 0 aliphatic carbocycles. The molecule has 0 unspecified atom stereocenters. The minimum absolute atomic E-state index is 0.102. The van der Waals surface area contributed by atoms with Gasteiger partial charge in [0.25, 0.3) is 5.91 Å². The van der Waals surface area contributed by atoms with Gasteiger partial charge in [-0.1, -0.05) is 0 Å². The number of carbonyl (C=O) groups excluding carboxylic acids is 1. The highest BCUT2D eigenvalue weighted by molar-refractivity contribution is 7.73. The van der Waals surface area contributed by atoms with Gasteiger partial charge < -0.3 is 15.2 Å². The van der Waals surface area contributed by atoms with Crippen molar-refractivity contribution in [2.24, 2.45) is 0 Å². The fourth-order valence-corrected chi connectivity index (χ4v) is 1.81. The van der Waals surface area contributed by atoms with Crippen LogP contribution in [0.2, 0.25) is 0 Å². The van der Waals surface area contributed by atoms with E-state index in [0.29, 0.717) is 0 Å². The Bertz CT molecular complexity index is 537. The molecular formula is C9H11N3O5S. The first-order valence-corrected chi connectivity index (χ1v) is 6.23. The molecule has 18 heavy (non-hydrogen) atoms. The lowest BCUT2D eigenvalue weighted by atomic mass is 10.2. The van der Waals surface area contributed by atoms with Crippen LogP contribution in [0.25, 0.3) is 0 Å². The lowest BCUT2D eigenvalue weighted by Crippen LogP contribution is -2.39. The SMILES string of the molecule is O=C1N[C@@H](CO)COc2ncc(N[SH](=O)=O)cc21. The number of pyridine rings is 1. The Morgan fingerprint density at radius 2 is 2.39 bits per heavy atom. The van der Waals surface area contributed by atoms with Gasteiger partial charge in [0.15, 0.2) is 0 Å². The number of aliphatic hydroxyl groups is 1. The lowest BCUT2D eigenvalue weighted by molar-refractivity contribution is 0.0914. The summed E-state index contributed by atoms with van der Waals surface area (Å²) >= 11 is 0. The first-order chi connectivity index (χ1) is 8.60. The second-order valence-corrected chi connectivity index (χ2v) is 4.35. The molecule has 98 valence electrons. The van der Waals surface area contributed by atoms with Gasteiger partial charge in [0, 0.05) is 0 Å². The third-order valence-corrected chi connectivity index (χ3v) is 2.73. The summed E-state index contributed by atoms with van der Waals surface area (Å²) in [5, 5.41) is 11.5. The molecule has 2 rings (SSSR count). The first-order valence-electron chi connectivity index (χ1n) is 5.05. The summed E-state index contributed by atoms with van der Waals surface area (Å²) in [6, 6.07) is 0.807. The van der Waals surface area contributed by atoms with Crippen LogP contribution >= 0.6 is 0 Å². The fourth-order valence-electron chi connectivity index (χ4n) is 1.48. The van der Waals surface area contributed by atoms with Crippen molar-refractivity contribution in [2.45, 2.75) is 6.04 Å². The topological polar surface area (TPSA) is 118 Å². The summed E-state index contributed by atoms with van der Waals surface area (Å²) in [6.07, 6.45) is 1.25. The zero-order valence-electron chi connectivity index (χ0n) is 9.12. The van der Waals surface area contributed by atoms with E-state index in [4.69, 9.17) is 9.84 Å². The van der Waals surface area contributed by atoms with Crippen LogP contribution in [0.4, 0.5) is 5.69 Å². The third-order valence-electron chi connectivity index (χ3n) is 2.29. The first kappa shape index (κ1) is 12.6. The van der Waals surface area contributed by atoms with Crippen molar-refractivity contribution in [3.8, 4) is 5.88 Å². The number of ether oxygens (including phenoxy) is 1. The zero-order valence-corrected chi connectivity index (χ0v) is 10.0. The number of amides is 1. The third kappa shape index (κ3) is 2.68. The molecule has 0 spiro atoms. The maximum atomic E-state index is 11.8. The number of nitrogens with one attached hydrogen (secondary N) is 2. The van der Waals surface area contributed by atoms with Crippen molar-refractivity contribution >= 4 is 22.5 Å². The number of hydrogen-bond donors (Lipinski definition) is 4. The van der Waals surface area contributed by atoms with Crippen molar-refractivity contribution in [3.05, 3.63) is 17.8 Å². The second kappa shape index (κ2) is 5.19. The molecule has 0 aromatic carbocycles. The maximum Gasteiger partial charge on any atom is 0.257 e. The molecule has 0 bridgehead atoms. The van der Waals surface area contributed by atoms with E-state index >= 15 is 0 Å². The molecule has 1 atom stereocenters. The number of aromatic nitrogens is 1. The Morgan fingerprint density at radius 1 is 1.61 bits per heavy atom. The van der Waals surface area contributed by atoms with Gasteiger partial charge in [-0.2, -0.15) is 0 Å². The molecule has 0 saturated heterocycles. The Hall–Kier alpha value is -1.87. The number of anilines is 1. The maximum absolute atomic E-state index is 11.8. The van der Waals surface area contributed by atoms with Crippen molar-refractivity contribution in [2.75, 3.05) is 17.9 Å². The average Bonchev–Trinajstić information content (AvgIpc) is 2.48. The van der Waals surface area contributed by atoms with Gasteiger partial charge in [0.2, 0.25) is 16.8 Å². The molecule has 8 nitrogen and oxygen atoms in total. The quantitative estimate of drug-likeness (QED) is 0.498. The van der Waals surface area contributed by atoms with Crippen molar-refractivity contribution in [3.63, 3.8) is 0 Å². The van der Waals surface area contributed by atoms with Crippen LogP contribution in [-0.4, -0.2) is 43.7 Å². The van der Waals surface area contributed by atoms with Crippen LogP contribution in [0.3, 0.4) is 0 Å². The number of fused-ring (bicyclic) bond motifs is 1. The van der Waals surface area contributed by atoms with E-state index < -0.39 is 22.8 Å². The Balaban J connectivity index is 2.32. The smallest absolute Gasteiger partial charge is 0.257 e. The number of carbonyl (C=O) groups is 1. The molecule has 1 aromatic heterocycles. The Kier molecular flexibility index (Phi) is 3.63. The van der Waals surface area contributed by atoms with E-state index in [9.17, 15) is 13.2 Å². The summed E-state index contributed by atoms with van der Waals surface area (Å²) in [7, 11) is -2.83. The summed E-state index contributed by atoms with van der Waals surface area (Å²) in [6.45, 7) is -0.151. The fraction of sp³-hybridized carbons (Fsp3) is 0.333. The number of aliphatic hydroxyl groups excluding tert-OH is 1. The molecule has 0 radical (unpaired) electrons. The van der Waals surface area contributed by atoms with E-state index in [1.807, 2.05) is 0 Å². The number of rotatable bonds is 3.